The van der Waals surface area contributed by atoms with Crippen molar-refractivity contribution in [1.29, 1.82) is 5.26 Å². The molecule has 5 heteroatoms. The van der Waals surface area contributed by atoms with Gasteiger partial charge in [-0.15, -0.1) is 0 Å². The number of amides is 1. The molecule has 1 aromatic rings. The zero-order valence-electron chi connectivity index (χ0n) is 8.74. The van der Waals surface area contributed by atoms with E-state index in [9.17, 15) is 4.79 Å². The minimum Gasteiger partial charge on any atom is -0.479 e. The summed E-state index contributed by atoms with van der Waals surface area (Å²) in [4.78, 5) is 11.0. The van der Waals surface area contributed by atoms with Gasteiger partial charge in [0.25, 0.3) is 5.91 Å². The van der Waals surface area contributed by atoms with Crippen LogP contribution in [-0.4, -0.2) is 12.0 Å². The number of hydrogen-bond donors (Lipinski definition) is 1. The fourth-order valence-corrected chi connectivity index (χ4v) is 1.42. The van der Waals surface area contributed by atoms with Gasteiger partial charge in [0, 0.05) is 0 Å². The lowest BCUT2D eigenvalue weighted by molar-refractivity contribution is -0.124. The normalized spacial score (nSPS) is 11.6. The van der Waals surface area contributed by atoms with Gasteiger partial charge in [0.2, 0.25) is 0 Å². The first-order valence-corrected chi connectivity index (χ1v) is 5.12. The van der Waals surface area contributed by atoms with E-state index in [0.717, 1.165) is 0 Å². The van der Waals surface area contributed by atoms with Crippen molar-refractivity contribution in [3.63, 3.8) is 0 Å². The van der Waals surface area contributed by atoms with Crippen LogP contribution < -0.4 is 10.5 Å². The molecule has 0 saturated carbocycles. The Morgan fingerprint density at radius 2 is 2.38 bits per heavy atom. The second-order valence-corrected chi connectivity index (χ2v) is 3.55. The highest BCUT2D eigenvalue weighted by molar-refractivity contribution is 6.31. The van der Waals surface area contributed by atoms with E-state index < -0.39 is 12.0 Å². The molecule has 0 aliphatic heterocycles. The molecule has 0 bridgehead atoms. The maximum absolute atomic E-state index is 11.0. The predicted molar refractivity (Wildman–Crippen MR) is 60.1 cm³/mol. The third-order valence-electron chi connectivity index (χ3n) is 2.04. The second-order valence-electron chi connectivity index (χ2n) is 3.14. The van der Waals surface area contributed by atoms with Crippen LogP contribution in [0.15, 0.2) is 18.2 Å². The summed E-state index contributed by atoms with van der Waals surface area (Å²) >= 11 is 5.82. The Labute approximate surface area is 98.6 Å². The van der Waals surface area contributed by atoms with Crippen molar-refractivity contribution in [3.05, 3.63) is 28.8 Å². The molecule has 0 aromatic heterocycles. The molecule has 1 rings (SSSR count). The van der Waals surface area contributed by atoms with E-state index in [-0.39, 0.29) is 11.3 Å². The van der Waals surface area contributed by atoms with E-state index in [1.807, 2.05) is 6.07 Å². The first-order chi connectivity index (χ1) is 7.60. The monoisotopic (exact) mass is 238 g/mol. The molecular formula is C11H11ClN2O2. The highest BCUT2D eigenvalue weighted by Gasteiger charge is 2.17. The number of ether oxygens (including phenoxy) is 1. The molecule has 0 radical (unpaired) electrons. The molecule has 1 atom stereocenters. The molecule has 16 heavy (non-hydrogen) atoms. The van der Waals surface area contributed by atoms with E-state index in [4.69, 9.17) is 27.3 Å². The first kappa shape index (κ1) is 12.3. The van der Waals surface area contributed by atoms with Gasteiger partial charge in [0.15, 0.2) is 6.10 Å². The number of hydrogen-bond acceptors (Lipinski definition) is 3. The lowest BCUT2D eigenvalue weighted by atomic mass is 10.2. The Bertz CT molecular complexity index is 440. The van der Waals surface area contributed by atoms with Gasteiger partial charge in [0.1, 0.15) is 17.4 Å². The van der Waals surface area contributed by atoms with Crippen LogP contribution >= 0.6 is 11.6 Å². The molecule has 0 aliphatic rings. The average molecular weight is 239 g/mol. The van der Waals surface area contributed by atoms with E-state index >= 15 is 0 Å². The van der Waals surface area contributed by atoms with E-state index in [0.29, 0.717) is 11.4 Å². The van der Waals surface area contributed by atoms with E-state index in [1.54, 1.807) is 25.1 Å². The SMILES string of the molecule is CCC(Oc1cccc(Cl)c1C#N)C(N)=O. The summed E-state index contributed by atoms with van der Waals surface area (Å²) in [6, 6.07) is 6.73. The van der Waals surface area contributed by atoms with Crippen LogP contribution in [0.25, 0.3) is 0 Å². The van der Waals surface area contributed by atoms with Crippen LogP contribution in [0.2, 0.25) is 5.02 Å². The number of halogens is 1. The Morgan fingerprint density at radius 3 is 2.88 bits per heavy atom. The molecular weight excluding hydrogens is 228 g/mol. The van der Waals surface area contributed by atoms with Crippen molar-refractivity contribution >= 4 is 17.5 Å². The predicted octanol–water partition coefficient (Wildman–Crippen LogP) is 1.85. The average Bonchev–Trinajstić information content (AvgIpc) is 2.25. The van der Waals surface area contributed by atoms with Crippen LogP contribution in [-0.2, 0) is 4.79 Å². The molecule has 4 nitrogen and oxygen atoms in total. The van der Waals surface area contributed by atoms with Crippen LogP contribution in [0.3, 0.4) is 0 Å². The van der Waals surface area contributed by atoms with Gasteiger partial charge in [-0.2, -0.15) is 5.26 Å². The molecule has 1 aromatic carbocycles. The molecule has 84 valence electrons. The summed E-state index contributed by atoms with van der Waals surface area (Å²) in [5.74, 6) is -0.285. The summed E-state index contributed by atoms with van der Waals surface area (Å²) in [5, 5.41) is 9.18. The molecule has 0 saturated heterocycles. The highest BCUT2D eigenvalue weighted by atomic mass is 35.5. The Balaban J connectivity index is 3.02. The largest absolute Gasteiger partial charge is 0.479 e. The summed E-state index contributed by atoms with van der Waals surface area (Å²) in [7, 11) is 0. The van der Waals surface area contributed by atoms with Crippen molar-refractivity contribution in [2.45, 2.75) is 19.4 Å². The van der Waals surface area contributed by atoms with Crippen molar-refractivity contribution < 1.29 is 9.53 Å². The van der Waals surface area contributed by atoms with Crippen molar-refractivity contribution in [1.82, 2.24) is 0 Å². The molecule has 0 spiro atoms. The number of primary amides is 1. The van der Waals surface area contributed by atoms with E-state index in [1.165, 1.54) is 0 Å². The maximum Gasteiger partial charge on any atom is 0.258 e. The summed E-state index contributed by atoms with van der Waals surface area (Å²) in [6.07, 6.45) is -0.308. The Kier molecular flexibility index (Phi) is 4.15. The number of nitrogens with two attached hydrogens (primary N) is 1. The zero-order chi connectivity index (χ0) is 12.1. The van der Waals surface area contributed by atoms with Gasteiger partial charge in [-0.1, -0.05) is 24.6 Å². The summed E-state index contributed by atoms with van der Waals surface area (Å²) in [6.45, 7) is 1.77. The molecule has 1 unspecified atom stereocenters. The van der Waals surface area contributed by atoms with Gasteiger partial charge < -0.3 is 10.5 Å². The smallest absolute Gasteiger partial charge is 0.258 e. The Hall–Kier alpha value is -1.73. The molecule has 1 amide bonds. The van der Waals surface area contributed by atoms with Gasteiger partial charge in [0.05, 0.1) is 5.02 Å². The minimum absolute atomic E-state index is 0.212. The highest BCUT2D eigenvalue weighted by Crippen LogP contribution is 2.26. The Morgan fingerprint density at radius 1 is 1.69 bits per heavy atom. The minimum atomic E-state index is -0.745. The lowest BCUT2D eigenvalue weighted by Gasteiger charge is -2.15. The number of rotatable bonds is 4. The second kappa shape index (κ2) is 5.38. The topological polar surface area (TPSA) is 76.1 Å². The van der Waals surface area contributed by atoms with Gasteiger partial charge >= 0.3 is 0 Å². The standard InChI is InChI=1S/C11H11ClN2O2/c1-2-9(11(14)15)16-10-5-3-4-8(12)7(10)6-13/h3-5,9H,2H2,1H3,(H2,14,15). The molecule has 0 heterocycles. The van der Waals surface area contributed by atoms with Crippen molar-refractivity contribution in [2.75, 3.05) is 0 Å². The van der Waals surface area contributed by atoms with E-state index in [2.05, 4.69) is 0 Å². The number of nitrogens with zero attached hydrogens (tertiary/aromatic N) is 1. The van der Waals surface area contributed by atoms with Gasteiger partial charge in [-0.3, -0.25) is 4.79 Å². The first-order valence-electron chi connectivity index (χ1n) is 4.74. The third-order valence-corrected chi connectivity index (χ3v) is 2.36. The molecule has 0 aliphatic carbocycles. The fraction of sp³-hybridized carbons (Fsp3) is 0.273. The fourth-order valence-electron chi connectivity index (χ4n) is 1.21. The van der Waals surface area contributed by atoms with Gasteiger partial charge in [-0.25, -0.2) is 0 Å². The van der Waals surface area contributed by atoms with Crippen molar-refractivity contribution in [3.8, 4) is 11.8 Å². The van der Waals surface area contributed by atoms with Crippen LogP contribution in [0.1, 0.15) is 18.9 Å². The van der Waals surface area contributed by atoms with Crippen molar-refractivity contribution in [2.24, 2.45) is 5.73 Å². The lowest BCUT2D eigenvalue weighted by Crippen LogP contribution is -2.33. The maximum atomic E-state index is 11.0. The number of benzene rings is 1. The van der Waals surface area contributed by atoms with Crippen LogP contribution in [0, 0.1) is 11.3 Å². The third kappa shape index (κ3) is 2.65. The molecule has 0 fully saturated rings. The van der Waals surface area contributed by atoms with Crippen LogP contribution in [0.5, 0.6) is 5.75 Å². The zero-order valence-corrected chi connectivity index (χ0v) is 9.49. The van der Waals surface area contributed by atoms with Gasteiger partial charge in [-0.05, 0) is 18.6 Å². The van der Waals surface area contributed by atoms with Crippen LogP contribution in [0.4, 0.5) is 0 Å². The quantitative estimate of drug-likeness (QED) is 0.870. The number of carbonyl (C=O) groups excluding carboxylic acids is 1. The summed E-state index contributed by atoms with van der Waals surface area (Å²) in [5.41, 5.74) is 5.36. The number of carbonyl (C=O) groups is 1. The number of nitriles is 1. The molecule has 2 N–H and O–H groups in total. The summed E-state index contributed by atoms with van der Waals surface area (Å²) < 4.78 is 5.35.